The van der Waals surface area contributed by atoms with Crippen LogP contribution >= 0.6 is 0 Å². The Morgan fingerprint density at radius 2 is 1.69 bits per heavy atom. The van der Waals surface area contributed by atoms with Crippen LogP contribution in [-0.2, 0) is 10.0 Å². The standard InChI is InChI=1S/C28H26FN5O4S/c29-19-6-7-21-24(17-30-25(21)15-19)18-5-8-26(31-16-18)33-11-9-20(10-12-33)32-39(37,38)14-13-34-27(35)22-3-1-2-4-23(22)28(34)36/h1-8,15-17,20,30,32H,9-14H2. The molecule has 2 N–H and O–H groups in total. The van der Waals surface area contributed by atoms with Crippen molar-refractivity contribution in [2.24, 2.45) is 0 Å². The number of hydrogen-bond donors (Lipinski definition) is 2. The van der Waals surface area contributed by atoms with Gasteiger partial charge in [0.2, 0.25) is 10.0 Å². The highest BCUT2D eigenvalue weighted by Crippen LogP contribution is 2.30. The molecule has 2 aromatic carbocycles. The topological polar surface area (TPSA) is 115 Å². The number of carbonyl (C=O) groups excluding carboxylic acids is 2. The highest BCUT2D eigenvalue weighted by atomic mass is 32.2. The molecule has 0 saturated carbocycles. The van der Waals surface area contributed by atoms with E-state index in [4.69, 9.17) is 0 Å². The van der Waals surface area contributed by atoms with E-state index in [1.54, 1.807) is 36.5 Å². The lowest BCUT2D eigenvalue weighted by atomic mass is 10.1. The molecule has 1 fully saturated rings. The summed E-state index contributed by atoms with van der Waals surface area (Å²) in [6.45, 7) is 1.07. The molecule has 2 aliphatic heterocycles. The first kappa shape index (κ1) is 25.2. The van der Waals surface area contributed by atoms with E-state index in [0.29, 0.717) is 37.1 Å². The Hall–Kier alpha value is -4.09. The molecule has 2 aromatic heterocycles. The van der Waals surface area contributed by atoms with Gasteiger partial charge in [0, 0.05) is 60.1 Å². The van der Waals surface area contributed by atoms with Crippen LogP contribution in [0.1, 0.15) is 33.6 Å². The highest BCUT2D eigenvalue weighted by molar-refractivity contribution is 7.89. The predicted molar refractivity (Wildman–Crippen MR) is 145 cm³/mol. The first-order valence-electron chi connectivity index (χ1n) is 12.7. The number of aromatic nitrogens is 2. The second kappa shape index (κ2) is 9.90. The van der Waals surface area contributed by atoms with Gasteiger partial charge in [-0.05, 0) is 55.3 Å². The maximum atomic E-state index is 13.5. The molecule has 0 spiro atoms. The smallest absolute Gasteiger partial charge is 0.261 e. The largest absolute Gasteiger partial charge is 0.360 e. The molecule has 6 rings (SSSR count). The number of nitrogens with zero attached hydrogens (tertiary/aromatic N) is 3. The van der Waals surface area contributed by atoms with Gasteiger partial charge >= 0.3 is 0 Å². The van der Waals surface area contributed by atoms with Crippen molar-refractivity contribution in [1.29, 1.82) is 0 Å². The molecule has 0 atom stereocenters. The number of H-pyrrole nitrogens is 1. The molecule has 2 amide bonds. The predicted octanol–water partition coefficient (Wildman–Crippen LogP) is 3.55. The van der Waals surface area contributed by atoms with Crippen molar-refractivity contribution < 1.29 is 22.4 Å². The molecule has 200 valence electrons. The summed E-state index contributed by atoms with van der Waals surface area (Å²) < 4.78 is 41.7. The molecule has 4 heterocycles. The average Bonchev–Trinajstić information content (AvgIpc) is 3.46. The number of halogens is 1. The van der Waals surface area contributed by atoms with Crippen molar-refractivity contribution in [3.05, 3.63) is 83.9 Å². The van der Waals surface area contributed by atoms with Gasteiger partial charge < -0.3 is 9.88 Å². The number of benzene rings is 2. The fourth-order valence-electron chi connectivity index (χ4n) is 5.26. The number of nitrogens with one attached hydrogen (secondary N) is 2. The maximum Gasteiger partial charge on any atom is 0.261 e. The zero-order valence-corrected chi connectivity index (χ0v) is 21.7. The number of sulfonamides is 1. The fraction of sp³-hybridized carbons (Fsp3) is 0.250. The monoisotopic (exact) mass is 547 g/mol. The van der Waals surface area contributed by atoms with Gasteiger partial charge in [0.05, 0.1) is 16.9 Å². The summed E-state index contributed by atoms with van der Waals surface area (Å²) in [7, 11) is -3.69. The third-order valence-electron chi connectivity index (χ3n) is 7.33. The number of piperidine rings is 1. The van der Waals surface area contributed by atoms with Crippen molar-refractivity contribution in [1.82, 2.24) is 19.6 Å². The van der Waals surface area contributed by atoms with Crippen molar-refractivity contribution in [2.75, 3.05) is 30.3 Å². The summed E-state index contributed by atoms with van der Waals surface area (Å²) in [5.41, 5.74) is 3.19. The quantitative estimate of drug-likeness (QED) is 0.342. The van der Waals surface area contributed by atoms with Gasteiger partial charge in [-0.25, -0.2) is 22.5 Å². The molecular formula is C28H26FN5O4S. The van der Waals surface area contributed by atoms with Crippen molar-refractivity contribution in [2.45, 2.75) is 18.9 Å². The van der Waals surface area contributed by atoms with Crippen molar-refractivity contribution in [3.8, 4) is 11.1 Å². The number of hydrogen-bond acceptors (Lipinski definition) is 6. The number of rotatable bonds is 7. The number of fused-ring (bicyclic) bond motifs is 2. The van der Waals surface area contributed by atoms with E-state index in [0.717, 1.165) is 32.7 Å². The van der Waals surface area contributed by atoms with Gasteiger partial charge in [0.1, 0.15) is 11.6 Å². The minimum atomic E-state index is -3.69. The highest BCUT2D eigenvalue weighted by Gasteiger charge is 2.36. The van der Waals surface area contributed by atoms with Gasteiger partial charge in [0.15, 0.2) is 0 Å². The molecule has 0 radical (unpaired) electrons. The normalized spacial score (nSPS) is 16.3. The maximum absolute atomic E-state index is 13.5. The van der Waals surface area contributed by atoms with Crippen molar-refractivity contribution >= 4 is 38.6 Å². The number of anilines is 1. The minimum Gasteiger partial charge on any atom is -0.360 e. The lowest BCUT2D eigenvalue weighted by Crippen LogP contribution is -2.46. The molecule has 39 heavy (non-hydrogen) atoms. The van der Waals surface area contributed by atoms with E-state index in [1.165, 1.54) is 12.1 Å². The Kier molecular flexibility index (Phi) is 6.40. The molecule has 0 aliphatic carbocycles. The first-order valence-corrected chi connectivity index (χ1v) is 14.4. The van der Waals surface area contributed by atoms with Crippen LogP contribution < -0.4 is 9.62 Å². The minimum absolute atomic E-state index is 0.192. The number of imide groups is 1. The van der Waals surface area contributed by atoms with E-state index in [9.17, 15) is 22.4 Å². The molecule has 0 bridgehead atoms. The Bertz CT molecular complexity index is 1640. The lowest BCUT2D eigenvalue weighted by Gasteiger charge is -2.33. The SMILES string of the molecule is O=C1c2ccccc2C(=O)N1CCS(=O)(=O)NC1CCN(c2ccc(-c3c[nH]c4cc(F)ccc34)cn2)CC1. The second-order valence-electron chi connectivity index (χ2n) is 9.80. The number of amides is 2. The van der Waals surface area contributed by atoms with Crippen LogP contribution in [-0.4, -0.2) is 66.5 Å². The number of carbonyl (C=O) groups is 2. The van der Waals surface area contributed by atoms with Crippen LogP contribution in [0.4, 0.5) is 10.2 Å². The Morgan fingerprint density at radius 3 is 2.36 bits per heavy atom. The summed E-state index contributed by atoms with van der Waals surface area (Å²) in [5.74, 6) is -0.760. The van der Waals surface area contributed by atoms with E-state index in [2.05, 4.69) is 19.6 Å². The van der Waals surface area contributed by atoms with Crippen LogP contribution in [0.15, 0.2) is 67.0 Å². The molecule has 1 saturated heterocycles. The summed E-state index contributed by atoms with van der Waals surface area (Å²) >= 11 is 0. The average molecular weight is 548 g/mol. The van der Waals surface area contributed by atoms with Crippen molar-refractivity contribution in [3.63, 3.8) is 0 Å². The van der Waals surface area contributed by atoms with E-state index < -0.39 is 21.8 Å². The zero-order valence-electron chi connectivity index (χ0n) is 20.9. The third-order valence-corrected chi connectivity index (χ3v) is 8.74. The summed E-state index contributed by atoms with van der Waals surface area (Å²) in [4.78, 5) is 35.8. The molecule has 4 aromatic rings. The fourth-order valence-corrected chi connectivity index (χ4v) is 6.55. The number of pyridine rings is 1. The van der Waals surface area contributed by atoms with Gasteiger partial charge in [-0.1, -0.05) is 12.1 Å². The summed E-state index contributed by atoms with van der Waals surface area (Å²) in [6, 6.07) is 14.8. The zero-order chi connectivity index (χ0) is 27.1. The molecule has 0 unspecified atom stereocenters. The second-order valence-corrected chi connectivity index (χ2v) is 11.7. The van der Waals surface area contributed by atoms with Crippen LogP contribution in [0.2, 0.25) is 0 Å². The summed E-state index contributed by atoms with van der Waals surface area (Å²) in [6.07, 6.45) is 4.83. The van der Waals surface area contributed by atoms with Gasteiger partial charge in [-0.15, -0.1) is 0 Å². The van der Waals surface area contributed by atoms with E-state index in [1.807, 2.05) is 18.3 Å². The van der Waals surface area contributed by atoms with Crippen LogP contribution in [0.3, 0.4) is 0 Å². The molecule has 11 heteroatoms. The van der Waals surface area contributed by atoms with Gasteiger partial charge in [0.25, 0.3) is 11.8 Å². The Labute approximate surface area is 224 Å². The van der Waals surface area contributed by atoms with E-state index >= 15 is 0 Å². The lowest BCUT2D eigenvalue weighted by molar-refractivity contribution is 0.0664. The van der Waals surface area contributed by atoms with Crippen LogP contribution in [0.5, 0.6) is 0 Å². The Balaban J connectivity index is 1.03. The van der Waals surface area contributed by atoms with Crippen LogP contribution in [0.25, 0.3) is 22.0 Å². The Morgan fingerprint density at radius 1 is 0.974 bits per heavy atom. The molecule has 9 nitrogen and oxygen atoms in total. The van der Waals surface area contributed by atoms with Gasteiger partial charge in [-0.2, -0.15) is 0 Å². The van der Waals surface area contributed by atoms with Crippen LogP contribution in [0, 0.1) is 5.82 Å². The molecular weight excluding hydrogens is 521 g/mol. The summed E-state index contributed by atoms with van der Waals surface area (Å²) in [5, 5.41) is 0.919. The van der Waals surface area contributed by atoms with Gasteiger partial charge in [-0.3, -0.25) is 14.5 Å². The first-order chi connectivity index (χ1) is 18.8. The number of aromatic amines is 1. The molecule has 2 aliphatic rings. The van der Waals surface area contributed by atoms with E-state index in [-0.39, 0.29) is 24.2 Å². The third kappa shape index (κ3) is 4.90.